The summed E-state index contributed by atoms with van der Waals surface area (Å²) >= 11 is 2.79. The highest BCUT2D eigenvalue weighted by molar-refractivity contribution is 8.01. The Balaban J connectivity index is 2.22. The van der Waals surface area contributed by atoms with Crippen molar-refractivity contribution >= 4 is 49.8 Å². The number of rotatable bonds is 8. The molecule has 1 N–H and O–H groups in total. The molecule has 2 aromatic rings. The van der Waals surface area contributed by atoms with Crippen LogP contribution in [0.15, 0.2) is 28.6 Å². The van der Waals surface area contributed by atoms with Gasteiger partial charge in [-0.25, -0.2) is 8.42 Å². The first-order valence-electron chi connectivity index (χ1n) is 8.11. The molecule has 0 unspecified atom stereocenters. The van der Waals surface area contributed by atoms with Crippen molar-refractivity contribution in [3.63, 3.8) is 0 Å². The summed E-state index contributed by atoms with van der Waals surface area (Å²) in [6.45, 7) is 5.57. The van der Waals surface area contributed by atoms with Crippen molar-refractivity contribution in [2.45, 2.75) is 37.6 Å². The van der Waals surface area contributed by atoms with E-state index in [4.69, 9.17) is 0 Å². The number of aromatic nitrogens is 2. The van der Waals surface area contributed by atoms with Crippen LogP contribution in [0.25, 0.3) is 0 Å². The quantitative estimate of drug-likeness (QED) is 0.527. The Morgan fingerprint density at radius 3 is 2.46 bits per heavy atom. The third-order valence-corrected chi connectivity index (χ3v) is 6.69. The molecule has 0 aliphatic rings. The monoisotopic (exact) mass is 414 g/mol. The average Bonchev–Trinajstić information content (AvgIpc) is 3.01. The number of hydrogen-bond acceptors (Lipinski definition) is 7. The number of hydrogen-bond donors (Lipinski definition) is 1. The van der Waals surface area contributed by atoms with Crippen LogP contribution >= 0.6 is 23.1 Å². The van der Waals surface area contributed by atoms with Crippen LogP contribution in [0, 0.1) is 0 Å². The van der Waals surface area contributed by atoms with Gasteiger partial charge in [-0.05, 0) is 36.8 Å². The molecular weight excluding hydrogens is 392 g/mol. The van der Waals surface area contributed by atoms with Crippen molar-refractivity contribution < 1.29 is 13.2 Å². The van der Waals surface area contributed by atoms with Gasteiger partial charge in [0.05, 0.1) is 11.9 Å². The number of benzene rings is 1. The van der Waals surface area contributed by atoms with E-state index in [2.05, 4.69) is 15.5 Å². The van der Waals surface area contributed by atoms with Crippen LogP contribution in [-0.2, 0) is 21.2 Å². The lowest BCUT2D eigenvalue weighted by Gasteiger charge is -2.28. The molecule has 0 fully saturated rings. The van der Waals surface area contributed by atoms with Crippen molar-refractivity contribution in [1.82, 2.24) is 10.2 Å². The van der Waals surface area contributed by atoms with Crippen LogP contribution in [0.4, 0.5) is 10.8 Å². The maximum atomic E-state index is 12.6. The second-order valence-electron chi connectivity index (χ2n) is 5.55. The van der Waals surface area contributed by atoms with Gasteiger partial charge in [-0.3, -0.25) is 14.4 Å². The molecule has 0 spiro atoms. The second-order valence-corrected chi connectivity index (χ2v) is 9.90. The first-order valence-corrected chi connectivity index (χ1v) is 11.8. The van der Waals surface area contributed by atoms with E-state index in [1.165, 1.54) is 23.1 Å². The number of thioether (sulfide) groups is 1. The molecule has 10 heteroatoms. The summed E-state index contributed by atoms with van der Waals surface area (Å²) < 4.78 is 26.5. The molecule has 142 valence electrons. The van der Waals surface area contributed by atoms with Gasteiger partial charge in [0.25, 0.3) is 0 Å². The summed E-state index contributed by atoms with van der Waals surface area (Å²) in [6.07, 6.45) is 1.94. The van der Waals surface area contributed by atoms with Gasteiger partial charge in [-0.2, -0.15) is 0 Å². The van der Waals surface area contributed by atoms with E-state index in [0.717, 1.165) is 32.6 Å². The van der Waals surface area contributed by atoms with Crippen LogP contribution in [0.5, 0.6) is 0 Å². The molecule has 1 atom stereocenters. The fourth-order valence-corrected chi connectivity index (χ4v) is 5.17. The van der Waals surface area contributed by atoms with E-state index >= 15 is 0 Å². The molecule has 0 saturated carbocycles. The standard InChI is InChI=1S/C16H22N4O3S3/c1-5-12-7-9-13(10-8-12)20(26(4,22)23)11(3)14(21)17-15-18-19-16(25-15)24-6-2/h7-11H,5-6H2,1-4H3,(H,17,18,21)/t11-/m0/s1. The highest BCUT2D eigenvalue weighted by atomic mass is 32.2. The lowest BCUT2D eigenvalue weighted by atomic mass is 10.1. The molecule has 1 aromatic carbocycles. The van der Waals surface area contributed by atoms with Crippen LogP contribution in [0.1, 0.15) is 26.3 Å². The molecule has 0 aliphatic carbocycles. The summed E-state index contributed by atoms with van der Waals surface area (Å²) in [4.78, 5) is 12.6. The number of sulfonamides is 1. The van der Waals surface area contributed by atoms with Crippen LogP contribution < -0.4 is 9.62 Å². The number of aryl methyl sites for hydroxylation is 1. The summed E-state index contributed by atoms with van der Waals surface area (Å²) in [5.74, 6) is 0.397. The van der Waals surface area contributed by atoms with E-state index in [-0.39, 0.29) is 0 Å². The summed E-state index contributed by atoms with van der Waals surface area (Å²) in [6, 6.07) is 6.22. The number of amides is 1. The van der Waals surface area contributed by atoms with Gasteiger partial charge in [0.15, 0.2) is 4.34 Å². The highest BCUT2D eigenvalue weighted by Gasteiger charge is 2.29. The fraction of sp³-hybridized carbons (Fsp3) is 0.438. The van der Waals surface area contributed by atoms with E-state index in [9.17, 15) is 13.2 Å². The second kappa shape index (κ2) is 8.83. The van der Waals surface area contributed by atoms with Gasteiger partial charge in [-0.1, -0.05) is 49.1 Å². The Morgan fingerprint density at radius 2 is 1.92 bits per heavy atom. The van der Waals surface area contributed by atoms with Crippen LogP contribution in [-0.4, -0.2) is 42.6 Å². The zero-order valence-corrected chi connectivity index (χ0v) is 17.5. The minimum Gasteiger partial charge on any atom is -0.299 e. The molecule has 0 radical (unpaired) electrons. The highest BCUT2D eigenvalue weighted by Crippen LogP contribution is 2.26. The molecule has 7 nitrogen and oxygen atoms in total. The maximum absolute atomic E-state index is 12.6. The smallest absolute Gasteiger partial charge is 0.249 e. The molecule has 1 aromatic heterocycles. The van der Waals surface area contributed by atoms with Crippen molar-refractivity contribution in [3.8, 4) is 0 Å². The molecule has 0 aliphatic heterocycles. The van der Waals surface area contributed by atoms with E-state index in [1.807, 2.05) is 26.0 Å². The van der Waals surface area contributed by atoms with Gasteiger partial charge in [-0.15, -0.1) is 10.2 Å². The van der Waals surface area contributed by atoms with Crippen molar-refractivity contribution in [2.24, 2.45) is 0 Å². The lowest BCUT2D eigenvalue weighted by Crippen LogP contribution is -2.45. The van der Waals surface area contributed by atoms with Crippen LogP contribution in [0.3, 0.4) is 0 Å². The summed E-state index contributed by atoms with van der Waals surface area (Å²) in [7, 11) is -3.64. The fourth-order valence-electron chi connectivity index (χ4n) is 2.34. The maximum Gasteiger partial charge on any atom is 0.249 e. The topological polar surface area (TPSA) is 92.3 Å². The Morgan fingerprint density at radius 1 is 1.27 bits per heavy atom. The Labute approximate surface area is 162 Å². The van der Waals surface area contributed by atoms with E-state index in [1.54, 1.807) is 19.1 Å². The molecule has 1 amide bonds. The number of nitrogens with one attached hydrogen (secondary N) is 1. The minimum atomic E-state index is -3.64. The summed E-state index contributed by atoms with van der Waals surface area (Å²) in [5, 5.41) is 10.9. The molecule has 0 bridgehead atoms. The zero-order valence-electron chi connectivity index (χ0n) is 15.1. The Hall–Kier alpha value is -1.65. The van der Waals surface area contributed by atoms with Crippen molar-refractivity contribution in [3.05, 3.63) is 29.8 Å². The zero-order chi connectivity index (χ0) is 19.3. The van der Waals surface area contributed by atoms with Gasteiger partial charge in [0, 0.05) is 0 Å². The Kier molecular flexibility index (Phi) is 7.01. The van der Waals surface area contributed by atoms with Gasteiger partial charge >= 0.3 is 0 Å². The van der Waals surface area contributed by atoms with Gasteiger partial charge in [0.2, 0.25) is 21.1 Å². The molecule has 1 heterocycles. The predicted molar refractivity (Wildman–Crippen MR) is 108 cm³/mol. The number of nitrogens with zero attached hydrogens (tertiary/aromatic N) is 3. The number of carbonyl (C=O) groups is 1. The lowest BCUT2D eigenvalue weighted by molar-refractivity contribution is -0.116. The summed E-state index contributed by atoms with van der Waals surface area (Å²) in [5.41, 5.74) is 1.54. The molecule has 2 rings (SSSR count). The average molecular weight is 415 g/mol. The first-order chi connectivity index (χ1) is 12.3. The largest absolute Gasteiger partial charge is 0.299 e. The molecule has 0 saturated heterocycles. The minimum absolute atomic E-state index is 0.354. The van der Waals surface area contributed by atoms with Crippen molar-refractivity contribution in [1.29, 1.82) is 0 Å². The van der Waals surface area contributed by atoms with Gasteiger partial charge < -0.3 is 0 Å². The number of anilines is 2. The number of carbonyl (C=O) groups excluding carboxylic acids is 1. The van der Waals surface area contributed by atoms with Gasteiger partial charge in [0.1, 0.15) is 6.04 Å². The first kappa shape index (κ1) is 20.7. The van der Waals surface area contributed by atoms with Crippen LogP contribution in [0.2, 0.25) is 0 Å². The van der Waals surface area contributed by atoms with E-state index in [0.29, 0.717) is 10.8 Å². The molecular formula is C16H22N4O3S3. The SMILES string of the molecule is CCSc1nnc(NC(=O)[C@H](C)N(c2ccc(CC)cc2)S(C)(=O)=O)s1. The van der Waals surface area contributed by atoms with Crippen molar-refractivity contribution in [2.75, 3.05) is 21.6 Å². The molecule has 26 heavy (non-hydrogen) atoms. The Bertz CT molecular complexity index is 850. The normalized spacial score (nSPS) is 12.6. The predicted octanol–water partition coefficient (Wildman–Crippen LogP) is 3.01. The third kappa shape index (κ3) is 5.18. The third-order valence-electron chi connectivity index (χ3n) is 3.59. The van der Waals surface area contributed by atoms with E-state index < -0.39 is 22.0 Å².